The molecule has 2 bridgehead atoms. The van der Waals surface area contributed by atoms with Gasteiger partial charge in [0.2, 0.25) is 0 Å². The van der Waals surface area contributed by atoms with Crippen molar-refractivity contribution in [3.05, 3.63) is 25.3 Å². The lowest BCUT2D eigenvalue weighted by molar-refractivity contribution is 0.149. The predicted octanol–water partition coefficient (Wildman–Crippen LogP) is 1.12. The fourth-order valence-corrected chi connectivity index (χ4v) is 2.61. The van der Waals surface area contributed by atoms with Gasteiger partial charge in [-0.15, -0.1) is 13.2 Å². The van der Waals surface area contributed by atoms with Gasteiger partial charge < -0.3 is 0 Å². The molecule has 2 heteroatoms. The summed E-state index contributed by atoms with van der Waals surface area (Å²) in [7, 11) is 0. The molecule has 72 valence electrons. The molecule has 0 amide bonds. The lowest BCUT2D eigenvalue weighted by Crippen LogP contribution is -2.46. The van der Waals surface area contributed by atoms with Crippen molar-refractivity contribution in [2.24, 2.45) is 0 Å². The van der Waals surface area contributed by atoms with Crippen molar-refractivity contribution in [2.45, 2.75) is 18.5 Å². The fraction of sp³-hybridized carbons (Fsp3) is 0.636. The zero-order chi connectivity index (χ0) is 9.26. The largest absolute Gasteiger partial charge is 0.294 e. The SMILES string of the molecule is C=CCN1CC2CC1CN2CC=C. The topological polar surface area (TPSA) is 6.48 Å². The summed E-state index contributed by atoms with van der Waals surface area (Å²) in [4.78, 5) is 5.08. The van der Waals surface area contributed by atoms with Gasteiger partial charge >= 0.3 is 0 Å². The first kappa shape index (κ1) is 8.97. The summed E-state index contributed by atoms with van der Waals surface area (Å²) in [6.07, 6.45) is 5.37. The van der Waals surface area contributed by atoms with Crippen molar-refractivity contribution >= 4 is 0 Å². The number of rotatable bonds is 4. The monoisotopic (exact) mass is 178 g/mol. The maximum Gasteiger partial charge on any atom is 0.0242 e. The zero-order valence-corrected chi connectivity index (χ0v) is 8.15. The third-order valence-electron chi connectivity index (χ3n) is 3.19. The molecule has 2 rings (SSSR count). The molecule has 2 aliphatic heterocycles. The van der Waals surface area contributed by atoms with Crippen LogP contribution in [-0.2, 0) is 0 Å². The molecule has 0 saturated carbocycles. The number of piperazine rings is 1. The first-order valence-corrected chi connectivity index (χ1v) is 5.05. The molecule has 0 radical (unpaired) electrons. The van der Waals surface area contributed by atoms with E-state index in [4.69, 9.17) is 0 Å². The average Bonchev–Trinajstić information content (AvgIpc) is 2.65. The van der Waals surface area contributed by atoms with Gasteiger partial charge in [-0.25, -0.2) is 0 Å². The Hall–Kier alpha value is -0.600. The summed E-state index contributed by atoms with van der Waals surface area (Å²) in [6, 6.07) is 1.56. The van der Waals surface area contributed by atoms with Crippen molar-refractivity contribution in [3.8, 4) is 0 Å². The highest BCUT2D eigenvalue weighted by Crippen LogP contribution is 2.29. The molecule has 0 spiro atoms. The van der Waals surface area contributed by atoms with Crippen molar-refractivity contribution in [1.29, 1.82) is 0 Å². The van der Waals surface area contributed by atoms with Crippen LogP contribution in [0.4, 0.5) is 0 Å². The lowest BCUT2D eigenvalue weighted by Gasteiger charge is -2.32. The fourth-order valence-electron chi connectivity index (χ4n) is 2.61. The van der Waals surface area contributed by atoms with Crippen LogP contribution in [0.15, 0.2) is 25.3 Å². The van der Waals surface area contributed by atoms with E-state index in [1.54, 1.807) is 0 Å². The van der Waals surface area contributed by atoms with Crippen molar-refractivity contribution < 1.29 is 0 Å². The molecule has 2 saturated heterocycles. The van der Waals surface area contributed by atoms with E-state index in [1.807, 2.05) is 12.2 Å². The summed E-state index contributed by atoms with van der Waals surface area (Å²) in [5, 5.41) is 0. The van der Waals surface area contributed by atoms with E-state index in [1.165, 1.54) is 19.5 Å². The van der Waals surface area contributed by atoms with E-state index < -0.39 is 0 Å². The minimum atomic E-state index is 0.781. The van der Waals surface area contributed by atoms with Gasteiger partial charge in [-0.3, -0.25) is 9.80 Å². The molecule has 2 aliphatic rings. The second-order valence-corrected chi connectivity index (χ2v) is 4.03. The maximum absolute atomic E-state index is 3.79. The Balaban J connectivity index is 1.91. The Bertz CT molecular complexity index is 190. The van der Waals surface area contributed by atoms with Crippen LogP contribution in [0.2, 0.25) is 0 Å². The van der Waals surface area contributed by atoms with Crippen LogP contribution in [-0.4, -0.2) is 48.1 Å². The van der Waals surface area contributed by atoms with Gasteiger partial charge in [0, 0.05) is 38.3 Å². The smallest absolute Gasteiger partial charge is 0.0242 e. The van der Waals surface area contributed by atoms with Crippen LogP contribution in [0.25, 0.3) is 0 Å². The van der Waals surface area contributed by atoms with Crippen LogP contribution in [0.3, 0.4) is 0 Å². The van der Waals surface area contributed by atoms with Crippen molar-refractivity contribution in [1.82, 2.24) is 9.80 Å². The highest BCUT2D eigenvalue weighted by Gasteiger charge is 2.41. The Morgan fingerprint density at radius 3 is 1.77 bits per heavy atom. The lowest BCUT2D eigenvalue weighted by atomic mass is 10.2. The maximum atomic E-state index is 3.79. The van der Waals surface area contributed by atoms with Gasteiger partial charge in [-0.1, -0.05) is 12.2 Å². The molecule has 2 atom stereocenters. The molecule has 0 N–H and O–H groups in total. The van der Waals surface area contributed by atoms with E-state index >= 15 is 0 Å². The second kappa shape index (κ2) is 3.64. The number of fused-ring (bicyclic) bond motifs is 2. The third-order valence-corrected chi connectivity index (χ3v) is 3.19. The average molecular weight is 178 g/mol. The standard InChI is InChI=1S/C11H18N2/c1-3-5-12-8-11-7-10(12)9-13(11)6-4-2/h3-4,10-11H,1-2,5-9H2. The van der Waals surface area contributed by atoms with E-state index in [9.17, 15) is 0 Å². The Morgan fingerprint density at radius 2 is 1.46 bits per heavy atom. The summed E-state index contributed by atoms with van der Waals surface area (Å²) >= 11 is 0. The Kier molecular flexibility index (Phi) is 2.51. The van der Waals surface area contributed by atoms with E-state index in [0.717, 1.165) is 25.2 Å². The molecule has 0 aromatic carbocycles. The minimum Gasteiger partial charge on any atom is -0.294 e. The van der Waals surface area contributed by atoms with Crippen molar-refractivity contribution in [3.63, 3.8) is 0 Å². The molecule has 0 aliphatic carbocycles. The molecular formula is C11H18N2. The number of likely N-dealkylation sites (tertiary alicyclic amines) is 2. The van der Waals surface area contributed by atoms with Gasteiger partial charge in [0.1, 0.15) is 0 Å². The highest BCUT2D eigenvalue weighted by molar-refractivity contribution is 5.02. The Labute approximate surface area is 80.5 Å². The highest BCUT2D eigenvalue weighted by atomic mass is 15.3. The number of hydrogen-bond acceptors (Lipinski definition) is 2. The first-order valence-electron chi connectivity index (χ1n) is 5.05. The zero-order valence-electron chi connectivity index (χ0n) is 8.15. The quantitative estimate of drug-likeness (QED) is 0.595. The van der Waals surface area contributed by atoms with Crippen LogP contribution in [0.1, 0.15) is 6.42 Å². The molecule has 0 aromatic rings. The Morgan fingerprint density at radius 1 is 1.00 bits per heavy atom. The van der Waals surface area contributed by atoms with Gasteiger partial charge in [-0.2, -0.15) is 0 Å². The van der Waals surface area contributed by atoms with Gasteiger partial charge in [-0.05, 0) is 6.42 Å². The predicted molar refractivity (Wildman–Crippen MR) is 55.7 cm³/mol. The normalized spacial score (nSPS) is 33.8. The molecule has 0 aromatic heterocycles. The molecule has 2 fully saturated rings. The molecule has 13 heavy (non-hydrogen) atoms. The van der Waals surface area contributed by atoms with E-state index in [-0.39, 0.29) is 0 Å². The summed E-state index contributed by atoms with van der Waals surface area (Å²) in [5.74, 6) is 0. The van der Waals surface area contributed by atoms with E-state index in [0.29, 0.717) is 0 Å². The van der Waals surface area contributed by atoms with Gasteiger partial charge in [0.15, 0.2) is 0 Å². The molecule has 2 unspecified atom stereocenters. The van der Waals surface area contributed by atoms with Crippen molar-refractivity contribution in [2.75, 3.05) is 26.2 Å². The van der Waals surface area contributed by atoms with Crippen LogP contribution < -0.4 is 0 Å². The van der Waals surface area contributed by atoms with Crippen LogP contribution in [0, 0.1) is 0 Å². The second-order valence-electron chi connectivity index (χ2n) is 4.03. The van der Waals surface area contributed by atoms with E-state index in [2.05, 4.69) is 23.0 Å². The summed E-state index contributed by atoms with van der Waals surface area (Å²) < 4.78 is 0. The third kappa shape index (κ3) is 1.56. The molecule has 2 nitrogen and oxygen atoms in total. The number of nitrogens with zero attached hydrogens (tertiary/aromatic N) is 2. The van der Waals surface area contributed by atoms with Crippen LogP contribution in [0.5, 0.6) is 0 Å². The summed E-state index contributed by atoms with van der Waals surface area (Å²) in [5.41, 5.74) is 0. The van der Waals surface area contributed by atoms with Gasteiger partial charge in [0.25, 0.3) is 0 Å². The summed E-state index contributed by atoms with van der Waals surface area (Å²) in [6.45, 7) is 12.2. The van der Waals surface area contributed by atoms with Gasteiger partial charge in [0.05, 0.1) is 0 Å². The molecule has 2 heterocycles. The minimum absolute atomic E-state index is 0.781. The first-order chi connectivity index (χ1) is 6.35. The van der Waals surface area contributed by atoms with Crippen LogP contribution >= 0.6 is 0 Å². The molecular weight excluding hydrogens is 160 g/mol. The number of hydrogen-bond donors (Lipinski definition) is 0.